The van der Waals surface area contributed by atoms with Gasteiger partial charge in [-0.15, -0.1) is 0 Å². The van der Waals surface area contributed by atoms with Gasteiger partial charge in [-0.05, 0) is 24.3 Å². The lowest BCUT2D eigenvalue weighted by Crippen LogP contribution is -2.54. The zero-order valence-electron chi connectivity index (χ0n) is 15.6. The zero-order valence-corrected chi connectivity index (χ0v) is 15.6. The Hall–Kier alpha value is -2.94. The van der Waals surface area contributed by atoms with E-state index in [4.69, 9.17) is 10.5 Å². The Kier molecular flexibility index (Phi) is 6.17. The van der Waals surface area contributed by atoms with Gasteiger partial charge >= 0.3 is 0 Å². The fourth-order valence-electron chi connectivity index (χ4n) is 2.34. The smallest absolute Gasteiger partial charge is 0.256 e. The van der Waals surface area contributed by atoms with Crippen molar-refractivity contribution in [1.82, 2.24) is 5.32 Å². The minimum absolute atomic E-state index is 0.0340. The molecule has 1 aromatic carbocycles. The summed E-state index contributed by atoms with van der Waals surface area (Å²) >= 11 is 0. The van der Waals surface area contributed by atoms with Gasteiger partial charge in [0.1, 0.15) is 6.61 Å². The number of morpholine rings is 1. The van der Waals surface area contributed by atoms with Crippen LogP contribution in [-0.2, 0) is 23.9 Å². The van der Waals surface area contributed by atoms with Crippen molar-refractivity contribution >= 4 is 35.0 Å². The number of benzene rings is 1. The summed E-state index contributed by atoms with van der Waals surface area (Å²) in [6.07, 6.45) is 0. The van der Waals surface area contributed by atoms with Crippen LogP contribution in [-0.4, -0.2) is 49.4 Å². The zero-order chi connectivity index (χ0) is 20.2. The Labute approximate surface area is 157 Å². The fourth-order valence-corrected chi connectivity index (χ4v) is 2.34. The van der Waals surface area contributed by atoms with Gasteiger partial charge in [0.05, 0.1) is 6.61 Å². The van der Waals surface area contributed by atoms with Crippen LogP contribution < -0.4 is 21.3 Å². The lowest BCUT2D eigenvalue weighted by Gasteiger charge is -2.27. The van der Waals surface area contributed by atoms with E-state index in [1.807, 2.05) is 0 Å². The van der Waals surface area contributed by atoms with Gasteiger partial charge in [0.25, 0.3) is 11.8 Å². The Morgan fingerprint density at radius 2 is 1.81 bits per heavy atom. The summed E-state index contributed by atoms with van der Waals surface area (Å²) in [7, 11) is 0. The third-order valence-electron chi connectivity index (χ3n) is 3.94. The molecule has 1 saturated heterocycles. The van der Waals surface area contributed by atoms with E-state index in [2.05, 4.69) is 10.6 Å². The molecular weight excluding hydrogens is 352 g/mol. The Morgan fingerprint density at radius 3 is 2.33 bits per heavy atom. The molecule has 1 aliphatic heterocycles. The van der Waals surface area contributed by atoms with Gasteiger partial charge in [-0.1, -0.05) is 20.8 Å². The lowest BCUT2D eigenvalue weighted by molar-refractivity contribution is -0.136. The minimum Gasteiger partial charge on any atom is -0.370 e. The van der Waals surface area contributed by atoms with Crippen molar-refractivity contribution in [2.45, 2.75) is 26.8 Å². The van der Waals surface area contributed by atoms with Gasteiger partial charge in [0.2, 0.25) is 11.8 Å². The molecule has 0 aromatic heterocycles. The molecule has 0 spiro atoms. The molecule has 1 heterocycles. The van der Waals surface area contributed by atoms with Crippen molar-refractivity contribution in [2.75, 3.05) is 30.0 Å². The third-order valence-corrected chi connectivity index (χ3v) is 3.94. The Balaban J connectivity index is 2.05. The number of hydrogen-bond donors (Lipinski definition) is 3. The molecule has 9 nitrogen and oxygen atoms in total. The summed E-state index contributed by atoms with van der Waals surface area (Å²) in [6.45, 7) is 5.91. The Bertz CT molecular complexity index is 739. The summed E-state index contributed by atoms with van der Waals surface area (Å²) in [5.74, 6) is -2.31. The predicted octanol–water partition coefficient (Wildman–Crippen LogP) is 0.00450. The van der Waals surface area contributed by atoms with E-state index in [0.29, 0.717) is 24.5 Å². The Morgan fingerprint density at radius 1 is 1.19 bits per heavy atom. The molecule has 0 unspecified atom stereocenters. The first-order valence-corrected chi connectivity index (χ1v) is 8.49. The maximum atomic E-state index is 12.3. The second-order valence-electron chi connectivity index (χ2n) is 7.19. The number of nitrogens with two attached hydrogens (primary N) is 1. The maximum absolute atomic E-state index is 12.3. The van der Waals surface area contributed by atoms with Crippen molar-refractivity contribution in [3.05, 3.63) is 24.3 Å². The van der Waals surface area contributed by atoms with Crippen LogP contribution in [0.15, 0.2) is 24.3 Å². The van der Waals surface area contributed by atoms with Crippen LogP contribution in [0.4, 0.5) is 11.4 Å². The molecule has 4 amide bonds. The molecular formula is C18H24N4O5. The first kappa shape index (κ1) is 20.4. The first-order chi connectivity index (χ1) is 12.6. The van der Waals surface area contributed by atoms with E-state index in [1.54, 1.807) is 49.9 Å². The number of primary amides is 1. The van der Waals surface area contributed by atoms with Crippen molar-refractivity contribution in [2.24, 2.45) is 11.1 Å². The van der Waals surface area contributed by atoms with Crippen molar-refractivity contribution < 1.29 is 23.9 Å². The second-order valence-corrected chi connectivity index (χ2v) is 7.19. The van der Waals surface area contributed by atoms with Crippen LogP contribution in [0.5, 0.6) is 0 Å². The number of anilines is 2. The van der Waals surface area contributed by atoms with Crippen LogP contribution in [0, 0.1) is 5.41 Å². The molecule has 1 aromatic rings. The van der Waals surface area contributed by atoms with Gasteiger partial charge in [-0.3, -0.25) is 19.2 Å². The molecule has 0 bridgehead atoms. The summed E-state index contributed by atoms with van der Waals surface area (Å²) in [6, 6.07) is 5.05. The average Bonchev–Trinajstić information content (AvgIpc) is 2.59. The molecule has 0 saturated carbocycles. The molecule has 0 aliphatic carbocycles. The number of ether oxygens (including phenoxy) is 1. The average molecular weight is 376 g/mol. The molecule has 1 fully saturated rings. The number of hydrogen-bond acceptors (Lipinski definition) is 5. The minimum atomic E-state index is -1.49. The largest absolute Gasteiger partial charge is 0.370 e. The number of nitrogens with one attached hydrogen (secondary N) is 2. The maximum Gasteiger partial charge on any atom is 0.256 e. The highest BCUT2D eigenvalue weighted by molar-refractivity contribution is 6.11. The standard InChI is InChI=1S/C18H24N4O5/c1-18(2,3)17(26)21-14(15(19)24)16(25)20-11-4-6-12(7-5-11)22-8-9-27-10-13(22)23/h4-7,14H,8-10H2,1-3H3,(H2,19,24)(H,20,25)(H,21,26)/t14-/m1/s1. The van der Waals surface area contributed by atoms with Crippen molar-refractivity contribution in [1.29, 1.82) is 0 Å². The fraction of sp³-hybridized carbons (Fsp3) is 0.444. The molecule has 1 aliphatic rings. The monoisotopic (exact) mass is 376 g/mol. The molecule has 0 radical (unpaired) electrons. The number of rotatable bonds is 5. The van der Waals surface area contributed by atoms with Gasteiger partial charge in [-0.25, -0.2) is 0 Å². The lowest BCUT2D eigenvalue weighted by atomic mass is 9.95. The molecule has 2 rings (SSSR count). The predicted molar refractivity (Wildman–Crippen MR) is 98.8 cm³/mol. The SMILES string of the molecule is CC(C)(C)C(=O)N[C@H](C(N)=O)C(=O)Nc1ccc(N2CCOCC2=O)cc1. The molecule has 146 valence electrons. The van der Waals surface area contributed by atoms with Crippen LogP contribution in [0.2, 0.25) is 0 Å². The molecule has 4 N–H and O–H groups in total. The summed E-state index contributed by atoms with van der Waals surface area (Å²) < 4.78 is 5.09. The highest BCUT2D eigenvalue weighted by Gasteiger charge is 2.31. The summed E-state index contributed by atoms with van der Waals surface area (Å²) in [4.78, 5) is 49.4. The van der Waals surface area contributed by atoms with E-state index in [0.717, 1.165) is 0 Å². The van der Waals surface area contributed by atoms with E-state index in [1.165, 1.54) is 0 Å². The van der Waals surface area contributed by atoms with Gasteiger partial charge < -0.3 is 26.0 Å². The highest BCUT2D eigenvalue weighted by atomic mass is 16.5. The number of amides is 4. The number of carbonyl (C=O) groups is 4. The van der Waals surface area contributed by atoms with Crippen molar-refractivity contribution in [3.8, 4) is 0 Å². The second kappa shape index (κ2) is 8.17. The van der Waals surface area contributed by atoms with E-state index in [-0.39, 0.29) is 12.5 Å². The normalized spacial score (nSPS) is 15.8. The third kappa shape index (κ3) is 5.27. The summed E-state index contributed by atoms with van der Waals surface area (Å²) in [5.41, 5.74) is 5.55. The summed E-state index contributed by atoms with van der Waals surface area (Å²) in [5, 5.41) is 4.89. The van der Waals surface area contributed by atoms with Crippen LogP contribution in [0.3, 0.4) is 0 Å². The van der Waals surface area contributed by atoms with Gasteiger partial charge in [-0.2, -0.15) is 0 Å². The van der Waals surface area contributed by atoms with E-state index in [9.17, 15) is 19.2 Å². The number of carbonyl (C=O) groups excluding carboxylic acids is 4. The van der Waals surface area contributed by atoms with Crippen LogP contribution >= 0.6 is 0 Å². The highest BCUT2D eigenvalue weighted by Crippen LogP contribution is 2.20. The van der Waals surface area contributed by atoms with Crippen LogP contribution in [0.1, 0.15) is 20.8 Å². The topological polar surface area (TPSA) is 131 Å². The molecule has 27 heavy (non-hydrogen) atoms. The van der Waals surface area contributed by atoms with Crippen LogP contribution in [0.25, 0.3) is 0 Å². The van der Waals surface area contributed by atoms with Crippen molar-refractivity contribution in [3.63, 3.8) is 0 Å². The first-order valence-electron chi connectivity index (χ1n) is 8.49. The van der Waals surface area contributed by atoms with E-state index >= 15 is 0 Å². The van der Waals surface area contributed by atoms with E-state index < -0.39 is 29.2 Å². The molecule has 9 heteroatoms. The number of nitrogens with zero attached hydrogens (tertiary/aromatic N) is 1. The quantitative estimate of drug-likeness (QED) is 0.623. The van der Waals surface area contributed by atoms with Gasteiger partial charge in [0.15, 0.2) is 6.04 Å². The van der Waals surface area contributed by atoms with Gasteiger partial charge in [0, 0.05) is 23.3 Å². The molecule has 1 atom stereocenters.